The quantitative estimate of drug-likeness (QED) is 0.402. The van der Waals surface area contributed by atoms with E-state index in [0.717, 1.165) is 21.8 Å². The van der Waals surface area contributed by atoms with E-state index in [9.17, 15) is 9.00 Å². The molecule has 36 heavy (non-hydrogen) atoms. The first-order valence-electron chi connectivity index (χ1n) is 11.9. The van der Waals surface area contributed by atoms with Crippen LogP contribution < -0.4 is 4.74 Å². The molecular weight excluding hydrogens is 478 g/mol. The van der Waals surface area contributed by atoms with Crippen molar-refractivity contribution in [2.45, 2.75) is 17.2 Å². The van der Waals surface area contributed by atoms with Crippen molar-refractivity contribution in [1.82, 2.24) is 24.5 Å². The highest BCUT2D eigenvalue weighted by atomic mass is 32.2. The van der Waals surface area contributed by atoms with Crippen molar-refractivity contribution in [2.75, 3.05) is 32.9 Å². The predicted molar refractivity (Wildman–Crippen MR) is 134 cm³/mol. The Labute approximate surface area is 210 Å². The first-order valence-corrected chi connectivity index (χ1v) is 13.2. The average Bonchev–Trinajstić information content (AvgIpc) is 3.57. The minimum atomic E-state index is -1.26. The van der Waals surface area contributed by atoms with Crippen LogP contribution in [0.25, 0.3) is 16.9 Å². The van der Waals surface area contributed by atoms with Gasteiger partial charge in [0.1, 0.15) is 12.4 Å². The minimum absolute atomic E-state index is 0.156. The molecule has 2 aromatic carbocycles. The number of amides is 1. The number of carbonyl (C=O) groups is 1. The average molecular weight is 504 g/mol. The molecule has 1 saturated heterocycles. The summed E-state index contributed by atoms with van der Waals surface area (Å²) in [5, 5.41) is 9.01. The van der Waals surface area contributed by atoms with E-state index in [0.29, 0.717) is 56.5 Å². The van der Waals surface area contributed by atoms with Gasteiger partial charge in [-0.2, -0.15) is 10.2 Å². The van der Waals surface area contributed by atoms with E-state index >= 15 is 0 Å². The van der Waals surface area contributed by atoms with Gasteiger partial charge in [-0.3, -0.25) is 13.7 Å². The molecule has 4 aromatic rings. The molecule has 1 unspecified atom stereocenters. The van der Waals surface area contributed by atoms with Gasteiger partial charge in [0.25, 0.3) is 5.91 Å². The van der Waals surface area contributed by atoms with Crippen molar-refractivity contribution >= 4 is 16.7 Å². The van der Waals surface area contributed by atoms with Crippen molar-refractivity contribution in [3.05, 3.63) is 78.2 Å². The van der Waals surface area contributed by atoms with E-state index < -0.39 is 10.8 Å². The monoisotopic (exact) mass is 503 g/mol. The largest absolute Gasteiger partial charge is 0.492 e. The predicted octanol–water partition coefficient (Wildman–Crippen LogP) is 2.91. The normalized spacial score (nSPS) is 16.9. The molecule has 2 aromatic heterocycles. The van der Waals surface area contributed by atoms with Crippen LogP contribution in [0.5, 0.6) is 5.75 Å². The first kappa shape index (κ1) is 22.7. The fourth-order valence-corrected chi connectivity index (χ4v) is 5.93. The smallest absolute Gasteiger partial charge is 0.274 e. The molecule has 1 amide bonds. The van der Waals surface area contributed by atoms with E-state index in [-0.39, 0.29) is 11.7 Å². The van der Waals surface area contributed by atoms with Crippen molar-refractivity contribution in [3.8, 4) is 22.7 Å². The number of aromatic nitrogens is 4. The zero-order chi connectivity index (χ0) is 24.5. The number of carbonyl (C=O) groups excluding carboxylic acids is 1. The Balaban J connectivity index is 1.39. The first-order chi connectivity index (χ1) is 17.7. The second-order valence-corrected chi connectivity index (χ2v) is 10.0. The van der Waals surface area contributed by atoms with Gasteiger partial charge in [-0.1, -0.05) is 24.3 Å². The summed E-state index contributed by atoms with van der Waals surface area (Å²) in [6.45, 7) is 3.12. The van der Waals surface area contributed by atoms with E-state index in [1.807, 2.05) is 65.5 Å². The topological polar surface area (TPSA) is 91.5 Å². The summed E-state index contributed by atoms with van der Waals surface area (Å²) in [6.07, 6.45) is 3.63. The summed E-state index contributed by atoms with van der Waals surface area (Å²) in [4.78, 5) is 16.0. The van der Waals surface area contributed by atoms with Gasteiger partial charge >= 0.3 is 0 Å². The number of ether oxygens (including phenoxy) is 2. The third-order valence-electron chi connectivity index (χ3n) is 6.36. The summed E-state index contributed by atoms with van der Waals surface area (Å²) in [6, 6.07) is 17.1. The summed E-state index contributed by atoms with van der Waals surface area (Å²) in [5.41, 5.74) is 3.46. The maximum Gasteiger partial charge on any atom is 0.274 e. The zero-order valence-corrected chi connectivity index (χ0v) is 20.4. The zero-order valence-electron chi connectivity index (χ0n) is 19.6. The lowest BCUT2D eigenvalue weighted by molar-refractivity contribution is 0.0298. The molecule has 1 fully saturated rings. The molecule has 2 aliphatic rings. The van der Waals surface area contributed by atoms with Gasteiger partial charge in [0, 0.05) is 47.6 Å². The third-order valence-corrected chi connectivity index (χ3v) is 7.76. The van der Waals surface area contributed by atoms with E-state index in [2.05, 4.69) is 5.10 Å². The molecule has 1 atom stereocenters. The Morgan fingerprint density at radius 3 is 2.78 bits per heavy atom. The number of benzene rings is 2. The number of fused-ring (bicyclic) bond motifs is 3. The molecule has 184 valence electrons. The van der Waals surface area contributed by atoms with Gasteiger partial charge in [0.15, 0.2) is 5.69 Å². The molecule has 0 saturated carbocycles. The van der Waals surface area contributed by atoms with Gasteiger partial charge in [-0.05, 0) is 24.3 Å². The van der Waals surface area contributed by atoms with Crippen LogP contribution in [0.4, 0.5) is 0 Å². The Hall–Kier alpha value is -3.76. The SMILES string of the molecule is O=C(c1nn(-c2cccc(OCCn3cccn3)c2)c2c1CS(=O)c1ccccc1-2)N1CCOCC1. The molecular formula is C26H25N5O4S. The highest BCUT2D eigenvalue weighted by molar-refractivity contribution is 7.84. The van der Waals surface area contributed by atoms with E-state index in [4.69, 9.17) is 14.6 Å². The van der Waals surface area contributed by atoms with Gasteiger partial charge < -0.3 is 14.4 Å². The molecule has 9 nitrogen and oxygen atoms in total. The maximum atomic E-state index is 13.5. The van der Waals surface area contributed by atoms with Crippen LogP contribution in [0.2, 0.25) is 0 Å². The van der Waals surface area contributed by atoms with Crippen molar-refractivity contribution in [1.29, 1.82) is 0 Å². The second-order valence-electron chi connectivity index (χ2n) is 8.59. The van der Waals surface area contributed by atoms with Crippen molar-refractivity contribution in [2.24, 2.45) is 0 Å². The summed E-state index contributed by atoms with van der Waals surface area (Å²) >= 11 is 0. The lowest BCUT2D eigenvalue weighted by atomic mass is 10.0. The Kier molecular flexibility index (Phi) is 6.12. The van der Waals surface area contributed by atoms with Crippen LogP contribution in [-0.4, -0.2) is 67.5 Å². The van der Waals surface area contributed by atoms with Crippen molar-refractivity contribution < 1.29 is 18.5 Å². The van der Waals surface area contributed by atoms with Crippen LogP contribution in [0.1, 0.15) is 16.1 Å². The van der Waals surface area contributed by atoms with Crippen LogP contribution >= 0.6 is 0 Å². The Bertz CT molecular complexity index is 1430. The molecule has 0 aliphatic carbocycles. The Morgan fingerprint density at radius 1 is 1.08 bits per heavy atom. The van der Waals surface area contributed by atoms with E-state index in [1.54, 1.807) is 15.8 Å². The highest BCUT2D eigenvalue weighted by Crippen LogP contribution is 2.39. The Morgan fingerprint density at radius 2 is 1.94 bits per heavy atom. The standard InChI is InChI=1S/C26H25N5O4S/c32-26(29-11-14-34-15-12-29)24-22-18-36(33)23-8-2-1-7-21(23)25(22)31(28-24)19-5-3-6-20(17-19)35-16-13-30-10-4-9-27-30/h1-10,17H,11-16,18H2. The molecule has 10 heteroatoms. The van der Waals surface area contributed by atoms with Gasteiger partial charge in [0.05, 0.1) is 47.7 Å². The lowest BCUT2D eigenvalue weighted by Gasteiger charge is -2.26. The fourth-order valence-electron chi connectivity index (χ4n) is 4.60. The van der Waals surface area contributed by atoms with E-state index in [1.165, 1.54) is 0 Å². The number of rotatable bonds is 6. The second kappa shape index (κ2) is 9.71. The minimum Gasteiger partial charge on any atom is -0.492 e. The number of hydrogen-bond acceptors (Lipinski definition) is 6. The highest BCUT2D eigenvalue weighted by Gasteiger charge is 2.34. The lowest BCUT2D eigenvalue weighted by Crippen LogP contribution is -2.41. The third kappa shape index (κ3) is 4.22. The fraction of sp³-hybridized carbons (Fsp3) is 0.269. The van der Waals surface area contributed by atoms with Crippen molar-refractivity contribution in [3.63, 3.8) is 0 Å². The molecule has 0 bridgehead atoms. The van der Waals surface area contributed by atoms with Gasteiger partial charge in [-0.25, -0.2) is 4.68 Å². The summed E-state index contributed by atoms with van der Waals surface area (Å²) in [5.74, 6) is 0.784. The molecule has 0 N–H and O–H groups in total. The molecule has 6 rings (SSSR count). The molecule has 0 radical (unpaired) electrons. The van der Waals surface area contributed by atoms with Crippen LogP contribution in [0, 0.1) is 0 Å². The summed E-state index contributed by atoms with van der Waals surface area (Å²) < 4.78 is 28.1. The maximum absolute atomic E-state index is 13.5. The molecule has 4 heterocycles. The molecule has 2 aliphatic heterocycles. The van der Waals surface area contributed by atoms with Crippen LogP contribution in [0.3, 0.4) is 0 Å². The number of hydrogen-bond donors (Lipinski definition) is 0. The number of morpholine rings is 1. The number of nitrogens with zero attached hydrogens (tertiary/aromatic N) is 5. The van der Waals surface area contributed by atoms with Gasteiger partial charge in [0.2, 0.25) is 0 Å². The molecule has 0 spiro atoms. The van der Waals surface area contributed by atoms with Crippen LogP contribution in [-0.2, 0) is 27.8 Å². The van der Waals surface area contributed by atoms with Gasteiger partial charge in [-0.15, -0.1) is 0 Å². The summed E-state index contributed by atoms with van der Waals surface area (Å²) in [7, 11) is -1.26. The van der Waals surface area contributed by atoms with Crippen LogP contribution in [0.15, 0.2) is 71.9 Å².